The molecule has 6 heterocycles. The average Bonchev–Trinajstić information content (AvgIpc) is 3.55. The fourth-order valence-corrected chi connectivity index (χ4v) is 6.27. The Morgan fingerprint density at radius 2 is 1.80 bits per heavy atom. The van der Waals surface area contributed by atoms with E-state index in [0.29, 0.717) is 39.6 Å². The van der Waals surface area contributed by atoms with Gasteiger partial charge in [-0.25, -0.2) is 9.37 Å². The Hall–Kier alpha value is -3.39. The van der Waals surface area contributed by atoms with E-state index in [4.69, 9.17) is 4.98 Å². The molecule has 4 aliphatic rings. The molecule has 4 saturated heterocycles. The summed E-state index contributed by atoms with van der Waals surface area (Å²) in [4.78, 5) is 29.2. The van der Waals surface area contributed by atoms with E-state index in [-0.39, 0.29) is 17.4 Å². The second-order valence-electron chi connectivity index (χ2n) is 10.2. The van der Waals surface area contributed by atoms with Crippen molar-refractivity contribution in [1.82, 2.24) is 19.9 Å². The summed E-state index contributed by atoms with van der Waals surface area (Å²) >= 11 is 0. The summed E-state index contributed by atoms with van der Waals surface area (Å²) in [6.07, 6.45) is 4.41. The first-order chi connectivity index (χ1) is 17.1. The highest BCUT2D eigenvalue weighted by molar-refractivity contribution is 6.00. The Kier molecular flexibility index (Phi) is 4.84. The van der Waals surface area contributed by atoms with Crippen LogP contribution in [0.3, 0.4) is 0 Å². The molecule has 2 aromatic carbocycles. The van der Waals surface area contributed by atoms with Crippen molar-refractivity contribution in [2.45, 2.75) is 31.7 Å². The van der Waals surface area contributed by atoms with E-state index in [9.17, 15) is 4.79 Å². The number of pyridine rings is 1. The third kappa shape index (κ3) is 3.50. The Labute approximate surface area is 202 Å². The molecule has 35 heavy (non-hydrogen) atoms. The van der Waals surface area contributed by atoms with E-state index in [1.54, 1.807) is 6.07 Å². The predicted octanol–water partition coefficient (Wildman–Crippen LogP) is 4.32. The number of imidazole rings is 1. The number of benzene rings is 2. The van der Waals surface area contributed by atoms with Crippen LogP contribution in [0.25, 0.3) is 33.3 Å². The van der Waals surface area contributed by atoms with Crippen molar-refractivity contribution in [3.05, 3.63) is 52.6 Å². The molecule has 1 atom stereocenters. The number of rotatable bonds is 4. The first-order valence-electron chi connectivity index (χ1n) is 12.7. The van der Waals surface area contributed by atoms with Crippen molar-refractivity contribution >= 4 is 33.3 Å². The number of para-hydroxylation sites is 2. The van der Waals surface area contributed by atoms with Crippen LogP contribution in [0.5, 0.6) is 0 Å². The minimum Gasteiger partial charge on any atom is -0.379 e. The van der Waals surface area contributed by atoms with Crippen LogP contribution in [-0.4, -0.2) is 58.6 Å². The molecular formula is C27H29FN6O. The van der Waals surface area contributed by atoms with Crippen molar-refractivity contribution in [2.24, 2.45) is 5.92 Å². The normalized spacial score (nSPS) is 24.0. The number of nitrogens with zero attached hydrogens (tertiary/aromatic N) is 3. The number of piperidine rings is 3. The standard InChI is InChI=1S/C27H29FN6O/c28-18-13-17-21(14-23(18)34-9-3-4-10-34)32-27(35)24(26-30-19-5-1-2-6-20(19)31-26)25(17)29-22-15-33-11-7-16(22)8-12-33/h1-2,5-6,13-14,16,22H,3-4,7-12,15H2,(H,30,31)(H2,29,32,35)/t22-/m0/s1. The van der Waals surface area contributed by atoms with Crippen LogP contribution in [0.1, 0.15) is 25.7 Å². The minimum atomic E-state index is -0.251. The van der Waals surface area contributed by atoms with Crippen LogP contribution >= 0.6 is 0 Å². The van der Waals surface area contributed by atoms with Gasteiger partial charge < -0.3 is 25.1 Å². The van der Waals surface area contributed by atoms with Gasteiger partial charge in [-0.15, -0.1) is 0 Å². The smallest absolute Gasteiger partial charge is 0.261 e. The molecule has 4 fully saturated rings. The van der Waals surface area contributed by atoms with Gasteiger partial charge in [0.05, 0.1) is 27.9 Å². The number of aromatic amines is 2. The molecule has 180 valence electrons. The molecule has 0 radical (unpaired) electrons. The third-order valence-corrected chi connectivity index (χ3v) is 8.14. The number of hydrogen-bond donors (Lipinski definition) is 3. The molecule has 2 bridgehead atoms. The van der Waals surface area contributed by atoms with E-state index in [1.807, 2.05) is 30.3 Å². The minimum absolute atomic E-state index is 0.215. The quantitative estimate of drug-likeness (QED) is 0.412. The van der Waals surface area contributed by atoms with Gasteiger partial charge >= 0.3 is 0 Å². The zero-order valence-corrected chi connectivity index (χ0v) is 19.6. The topological polar surface area (TPSA) is 80.1 Å². The number of aromatic nitrogens is 3. The highest BCUT2D eigenvalue weighted by atomic mass is 19.1. The number of anilines is 2. The van der Waals surface area contributed by atoms with Crippen LogP contribution in [0.4, 0.5) is 15.8 Å². The molecule has 0 aliphatic carbocycles. The number of halogens is 1. The molecule has 2 aromatic heterocycles. The van der Waals surface area contributed by atoms with E-state index in [1.165, 1.54) is 0 Å². The molecule has 4 aromatic rings. The van der Waals surface area contributed by atoms with Gasteiger partial charge in [-0.3, -0.25) is 4.79 Å². The molecule has 7 nitrogen and oxygen atoms in total. The Balaban J connectivity index is 1.42. The van der Waals surface area contributed by atoms with Crippen molar-refractivity contribution < 1.29 is 4.39 Å². The fraction of sp³-hybridized carbons (Fsp3) is 0.407. The Morgan fingerprint density at radius 3 is 2.54 bits per heavy atom. The predicted molar refractivity (Wildman–Crippen MR) is 138 cm³/mol. The van der Waals surface area contributed by atoms with Crippen molar-refractivity contribution in [3.8, 4) is 11.4 Å². The van der Waals surface area contributed by atoms with E-state index < -0.39 is 0 Å². The van der Waals surface area contributed by atoms with Crippen LogP contribution < -0.4 is 15.8 Å². The number of H-pyrrole nitrogens is 2. The van der Waals surface area contributed by atoms with Crippen molar-refractivity contribution in [2.75, 3.05) is 42.9 Å². The van der Waals surface area contributed by atoms with Crippen molar-refractivity contribution in [3.63, 3.8) is 0 Å². The molecule has 4 aliphatic heterocycles. The lowest BCUT2D eigenvalue weighted by Crippen LogP contribution is -2.53. The molecule has 0 unspecified atom stereocenters. The van der Waals surface area contributed by atoms with Crippen LogP contribution in [0.15, 0.2) is 41.2 Å². The van der Waals surface area contributed by atoms with E-state index >= 15 is 4.39 Å². The van der Waals surface area contributed by atoms with Crippen LogP contribution in [0, 0.1) is 11.7 Å². The van der Waals surface area contributed by atoms with Gasteiger partial charge in [0.2, 0.25) is 0 Å². The average molecular weight is 473 g/mol. The van der Waals surface area contributed by atoms with Gasteiger partial charge in [-0.2, -0.15) is 0 Å². The van der Waals surface area contributed by atoms with Gasteiger partial charge in [-0.05, 0) is 69.0 Å². The summed E-state index contributed by atoms with van der Waals surface area (Å²) in [7, 11) is 0. The maximum absolute atomic E-state index is 15.5. The zero-order chi connectivity index (χ0) is 23.5. The van der Waals surface area contributed by atoms with Gasteiger partial charge in [0.1, 0.15) is 17.2 Å². The fourth-order valence-electron chi connectivity index (χ4n) is 6.27. The SMILES string of the molecule is O=c1[nH]c2cc(N3CCCC3)c(F)cc2c(N[C@H]2CN3CCC2CC3)c1-c1nc2ccccc2[nH]1. The Bertz CT molecular complexity index is 1450. The summed E-state index contributed by atoms with van der Waals surface area (Å²) in [5.74, 6) is 0.799. The van der Waals surface area contributed by atoms with Gasteiger partial charge in [0, 0.05) is 31.1 Å². The number of fused-ring (bicyclic) bond motifs is 5. The molecule has 0 saturated carbocycles. The van der Waals surface area contributed by atoms with E-state index in [0.717, 1.165) is 69.4 Å². The summed E-state index contributed by atoms with van der Waals surface area (Å²) < 4.78 is 15.5. The molecule has 0 spiro atoms. The first kappa shape index (κ1) is 20.9. The second kappa shape index (κ2) is 8.09. The monoisotopic (exact) mass is 472 g/mol. The molecular weight excluding hydrogens is 443 g/mol. The maximum atomic E-state index is 15.5. The zero-order valence-electron chi connectivity index (χ0n) is 19.6. The van der Waals surface area contributed by atoms with Gasteiger partial charge in [0.15, 0.2) is 0 Å². The molecule has 3 N–H and O–H groups in total. The van der Waals surface area contributed by atoms with Gasteiger partial charge in [-0.1, -0.05) is 12.1 Å². The lowest BCUT2D eigenvalue weighted by Gasteiger charge is -2.45. The highest BCUT2D eigenvalue weighted by Gasteiger charge is 2.35. The van der Waals surface area contributed by atoms with Crippen molar-refractivity contribution in [1.29, 1.82) is 0 Å². The third-order valence-electron chi connectivity index (χ3n) is 8.14. The largest absolute Gasteiger partial charge is 0.379 e. The first-order valence-corrected chi connectivity index (χ1v) is 12.7. The number of nitrogens with one attached hydrogen (secondary N) is 3. The molecule has 8 heteroatoms. The summed E-state index contributed by atoms with van der Waals surface area (Å²) in [6, 6.07) is 11.4. The summed E-state index contributed by atoms with van der Waals surface area (Å²) in [5, 5.41) is 4.41. The van der Waals surface area contributed by atoms with E-state index in [2.05, 4.69) is 25.1 Å². The Morgan fingerprint density at radius 1 is 1.00 bits per heavy atom. The number of hydrogen-bond acceptors (Lipinski definition) is 5. The summed E-state index contributed by atoms with van der Waals surface area (Å²) in [5.41, 5.74) is 3.78. The lowest BCUT2D eigenvalue weighted by molar-refractivity contribution is 0.0976. The van der Waals surface area contributed by atoms with Gasteiger partial charge in [0.25, 0.3) is 5.56 Å². The second-order valence-corrected chi connectivity index (χ2v) is 10.2. The molecule has 8 rings (SSSR count). The molecule has 0 amide bonds. The lowest BCUT2D eigenvalue weighted by atomic mass is 9.83. The van der Waals surface area contributed by atoms with Crippen LogP contribution in [0.2, 0.25) is 0 Å². The van der Waals surface area contributed by atoms with Crippen LogP contribution in [-0.2, 0) is 0 Å². The maximum Gasteiger partial charge on any atom is 0.261 e. The summed E-state index contributed by atoms with van der Waals surface area (Å²) in [6.45, 7) is 4.88. The highest BCUT2D eigenvalue weighted by Crippen LogP contribution is 2.38.